The summed E-state index contributed by atoms with van der Waals surface area (Å²) in [5, 5.41) is 2.93. The lowest BCUT2D eigenvalue weighted by atomic mass is 10.2. The molecular weight excluding hydrogens is 289 g/mol. The predicted molar refractivity (Wildman–Crippen MR) is 81.1 cm³/mol. The number of halogens is 1. The Morgan fingerprint density at radius 1 is 1.52 bits per heavy atom. The highest BCUT2D eigenvalue weighted by atomic mass is 32.2. The fourth-order valence-electron chi connectivity index (χ4n) is 1.64. The summed E-state index contributed by atoms with van der Waals surface area (Å²) in [5.74, 6) is 1.93. The Hall–Kier alpha value is -2.26. The highest BCUT2D eigenvalue weighted by molar-refractivity contribution is 8.00. The van der Waals surface area contributed by atoms with Gasteiger partial charge in [-0.1, -0.05) is 17.7 Å². The van der Waals surface area contributed by atoms with Crippen molar-refractivity contribution in [3.63, 3.8) is 0 Å². The maximum atomic E-state index is 12.9. The molecule has 0 aliphatic rings. The maximum Gasteiger partial charge on any atom is 0.234 e. The van der Waals surface area contributed by atoms with E-state index in [1.165, 1.54) is 23.9 Å². The highest BCUT2D eigenvalue weighted by Gasteiger charge is 2.15. The summed E-state index contributed by atoms with van der Waals surface area (Å²) in [4.78, 5) is 19.0. The molecule has 108 valence electrons. The Balaban J connectivity index is 2.02. The molecule has 0 saturated heterocycles. The van der Waals surface area contributed by atoms with E-state index in [9.17, 15) is 9.18 Å². The van der Waals surface area contributed by atoms with Crippen molar-refractivity contribution >= 4 is 17.7 Å². The number of thioether (sulfide) groups is 1. The number of benzene rings is 1. The minimum Gasteiger partial charge on any atom is -0.344 e. The normalized spacial score (nSPS) is 11.7. The first-order chi connectivity index (χ1) is 10.1. The van der Waals surface area contributed by atoms with Gasteiger partial charge in [0.05, 0.1) is 23.7 Å². The second-order valence-electron chi connectivity index (χ2n) is 4.29. The van der Waals surface area contributed by atoms with Crippen molar-refractivity contribution in [2.45, 2.75) is 17.3 Å². The molecule has 1 heterocycles. The van der Waals surface area contributed by atoms with Crippen LogP contribution in [0, 0.1) is 18.2 Å². The van der Waals surface area contributed by atoms with Gasteiger partial charge in [0.1, 0.15) is 5.82 Å². The van der Waals surface area contributed by atoms with E-state index in [-0.39, 0.29) is 23.5 Å². The van der Waals surface area contributed by atoms with E-state index in [1.54, 1.807) is 25.3 Å². The number of terminal acetylenes is 1. The van der Waals surface area contributed by atoms with Crippen LogP contribution in [0.15, 0.2) is 35.6 Å². The van der Waals surface area contributed by atoms with E-state index in [0.717, 1.165) is 11.3 Å². The van der Waals surface area contributed by atoms with Gasteiger partial charge in [-0.05, 0) is 36.8 Å². The van der Waals surface area contributed by atoms with Crippen LogP contribution in [0.5, 0.6) is 0 Å². The van der Waals surface area contributed by atoms with Gasteiger partial charge in [0.15, 0.2) is 5.16 Å². The largest absolute Gasteiger partial charge is 0.344 e. The lowest BCUT2D eigenvalue weighted by molar-refractivity contribution is -0.120. The standard InChI is InChI=1S/C15H14FN3OS/c1-3-8-17-14(20)10(2)21-15-18-9-13(19-15)11-4-6-12(16)7-5-11/h1,4-7,9-10H,8H2,2H3,(H,17,20)(H,18,19). The smallest absolute Gasteiger partial charge is 0.234 e. The van der Waals surface area contributed by atoms with E-state index in [1.807, 2.05) is 0 Å². The summed E-state index contributed by atoms with van der Waals surface area (Å²) in [6.07, 6.45) is 6.75. The molecule has 1 atom stereocenters. The summed E-state index contributed by atoms with van der Waals surface area (Å²) in [5.41, 5.74) is 1.61. The third kappa shape index (κ3) is 4.10. The molecule has 0 saturated carbocycles. The van der Waals surface area contributed by atoms with Crippen molar-refractivity contribution in [2.75, 3.05) is 6.54 Å². The van der Waals surface area contributed by atoms with Gasteiger partial charge in [-0.25, -0.2) is 9.37 Å². The number of imidazole rings is 1. The molecule has 1 unspecified atom stereocenters. The van der Waals surface area contributed by atoms with Gasteiger partial charge in [0.25, 0.3) is 0 Å². The molecule has 1 aromatic heterocycles. The highest BCUT2D eigenvalue weighted by Crippen LogP contribution is 2.24. The van der Waals surface area contributed by atoms with Crippen molar-refractivity contribution in [1.29, 1.82) is 0 Å². The molecule has 0 bridgehead atoms. The molecule has 0 fully saturated rings. The van der Waals surface area contributed by atoms with Gasteiger partial charge >= 0.3 is 0 Å². The molecule has 4 nitrogen and oxygen atoms in total. The first kappa shape index (κ1) is 15.1. The van der Waals surface area contributed by atoms with Gasteiger partial charge in [-0.3, -0.25) is 4.79 Å². The van der Waals surface area contributed by atoms with Crippen molar-refractivity contribution in [3.8, 4) is 23.6 Å². The number of aromatic nitrogens is 2. The van der Waals surface area contributed by atoms with Crippen LogP contribution in [-0.2, 0) is 4.79 Å². The predicted octanol–water partition coefficient (Wildman–Crippen LogP) is 2.45. The SMILES string of the molecule is C#CCNC(=O)C(C)Sc1ncc(-c2ccc(F)cc2)[nH]1. The summed E-state index contributed by atoms with van der Waals surface area (Å²) in [6.45, 7) is 1.99. The average molecular weight is 303 g/mol. The van der Waals surface area contributed by atoms with Crippen molar-refractivity contribution in [1.82, 2.24) is 15.3 Å². The maximum absolute atomic E-state index is 12.9. The second kappa shape index (κ2) is 6.95. The molecule has 21 heavy (non-hydrogen) atoms. The number of nitrogens with one attached hydrogen (secondary N) is 2. The van der Waals surface area contributed by atoms with Gasteiger partial charge in [-0.15, -0.1) is 6.42 Å². The van der Waals surface area contributed by atoms with E-state index < -0.39 is 0 Å². The topological polar surface area (TPSA) is 57.8 Å². The van der Waals surface area contributed by atoms with Crippen LogP contribution in [0.2, 0.25) is 0 Å². The van der Waals surface area contributed by atoms with Gasteiger partial charge in [-0.2, -0.15) is 0 Å². The summed E-state index contributed by atoms with van der Waals surface area (Å²) in [7, 11) is 0. The van der Waals surface area contributed by atoms with Gasteiger partial charge in [0, 0.05) is 0 Å². The van der Waals surface area contributed by atoms with E-state index in [0.29, 0.717) is 5.16 Å². The lowest BCUT2D eigenvalue weighted by Crippen LogP contribution is -2.31. The molecule has 0 radical (unpaired) electrons. The van der Waals surface area contributed by atoms with Crippen LogP contribution in [0.3, 0.4) is 0 Å². The Morgan fingerprint density at radius 3 is 2.90 bits per heavy atom. The Bertz CT molecular complexity index is 660. The van der Waals surface area contributed by atoms with Crippen molar-refractivity contribution in [2.24, 2.45) is 0 Å². The average Bonchev–Trinajstić information content (AvgIpc) is 2.93. The lowest BCUT2D eigenvalue weighted by Gasteiger charge is -2.08. The minimum absolute atomic E-state index is 0.141. The number of rotatable bonds is 5. The number of amides is 1. The summed E-state index contributed by atoms with van der Waals surface area (Å²) < 4.78 is 12.9. The molecule has 1 amide bonds. The first-order valence-electron chi connectivity index (χ1n) is 6.29. The number of hydrogen-bond acceptors (Lipinski definition) is 3. The number of H-pyrrole nitrogens is 1. The summed E-state index contributed by atoms with van der Waals surface area (Å²) >= 11 is 1.30. The van der Waals surface area contributed by atoms with Crippen molar-refractivity contribution < 1.29 is 9.18 Å². The van der Waals surface area contributed by atoms with Crippen LogP contribution in [0.25, 0.3) is 11.3 Å². The van der Waals surface area contributed by atoms with Crippen LogP contribution in [0.1, 0.15) is 6.92 Å². The fraction of sp³-hybridized carbons (Fsp3) is 0.200. The Kier molecular flexibility index (Phi) is 5.01. The zero-order chi connectivity index (χ0) is 15.2. The molecule has 1 aromatic carbocycles. The van der Waals surface area contributed by atoms with E-state index in [4.69, 9.17) is 6.42 Å². The molecule has 2 N–H and O–H groups in total. The molecule has 2 aromatic rings. The third-order valence-corrected chi connectivity index (χ3v) is 3.73. The van der Waals surface area contributed by atoms with Crippen LogP contribution < -0.4 is 5.32 Å². The van der Waals surface area contributed by atoms with Gasteiger partial charge < -0.3 is 10.3 Å². The fourth-order valence-corrected chi connectivity index (χ4v) is 2.45. The number of hydrogen-bond donors (Lipinski definition) is 2. The Morgan fingerprint density at radius 2 is 2.24 bits per heavy atom. The third-order valence-electron chi connectivity index (χ3n) is 2.73. The molecule has 0 aliphatic carbocycles. The summed E-state index contributed by atoms with van der Waals surface area (Å²) in [6, 6.07) is 6.11. The molecule has 0 spiro atoms. The van der Waals surface area contributed by atoms with Gasteiger partial charge in [0.2, 0.25) is 5.91 Å². The van der Waals surface area contributed by atoms with Crippen LogP contribution in [-0.4, -0.2) is 27.7 Å². The zero-order valence-electron chi connectivity index (χ0n) is 11.4. The second-order valence-corrected chi connectivity index (χ2v) is 5.62. The van der Waals surface area contributed by atoms with Crippen LogP contribution >= 0.6 is 11.8 Å². The number of aromatic amines is 1. The quantitative estimate of drug-likeness (QED) is 0.659. The Labute approximate surface area is 126 Å². The van der Waals surface area contributed by atoms with E-state index >= 15 is 0 Å². The zero-order valence-corrected chi connectivity index (χ0v) is 12.2. The molecule has 6 heteroatoms. The number of carbonyl (C=O) groups is 1. The number of nitrogens with zero attached hydrogens (tertiary/aromatic N) is 1. The minimum atomic E-state index is -0.314. The first-order valence-corrected chi connectivity index (χ1v) is 7.17. The molecule has 0 aliphatic heterocycles. The van der Waals surface area contributed by atoms with Crippen LogP contribution in [0.4, 0.5) is 4.39 Å². The van der Waals surface area contributed by atoms with Crippen molar-refractivity contribution in [3.05, 3.63) is 36.3 Å². The monoisotopic (exact) mass is 303 g/mol. The number of carbonyl (C=O) groups excluding carboxylic acids is 1. The molecular formula is C15H14FN3OS. The molecule has 2 rings (SSSR count). The van der Waals surface area contributed by atoms with E-state index in [2.05, 4.69) is 21.2 Å².